The minimum absolute atomic E-state index is 0.0625. The molecule has 0 saturated heterocycles. The number of carbonyl (C=O) groups is 1. The van der Waals surface area contributed by atoms with E-state index in [4.69, 9.17) is 0 Å². The van der Waals surface area contributed by atoms with Gasteiger partial charge in [-0.05, 0) is 50.2 Å². The molecular formula is C21H18N4O3S. The van der Waals surface area contributed by atoms with Gasteiger partial charge < -0.3 is 0 Å². The topological polar surface area (TPSA) is 94.0 Å². The van der Waals surface area contributed by atoms with Crippen molar-refractivity contribution in [3.8, 4) is 5.69 Å². The SMILES string of the molecule is CC(=O)c1ccc(S(=O)(=O)Nc2cc(C)nn2-c2cccc3ncccc23)cc1. The molecule has 0 spiro atoms. The molecule has 29 heavy (non-hydrogen) atoms. The number of nitrogens with zero attached hydrogens (tertiary/aromatic N) is 3. The Kier molecular flexibility index (Phi) is 4.63. The smallest absolute Gasteiger partial charge is 0.263 e. The summed E-state index contributed by atoms with van der Waals surface area (Å²) in [7, 11) is -3.86. The van der Waals surface area contributed by atoms with Gasteiger partial charge in [0.1, 0.15) is 5.82 Å². The van der Waals surface area contributed by atoms with Gasteiger partial charge in [-0.25, -0.2) is 13.1 Å². The summed E-state index contributed by atoms with van der Waals surface area (Å²) < 4.78 is 29.9. The number of aromatic nitrogens is 3. The van der Waals surface area contributed by atoms with Crippen LogP contribution < -0.4 is 4.72 Å². The lowest BCUT2D eigenvalue weighted by molar-refractivity contribution is 0.101. The van der Waals surface area contributed by atoms with Gasteiger partial charge in [0.15, 0.2) is 5.78 Å². The average Bonchev–Trinajstić information content (AvgIpc) is 3.06. The monoisotopic (exact) mass is 406 g/mol. The summed E-state index contributed by atoms with van der Waals surface area (Å²) in [6.07, 6.45) is 1.70. The summed E-state index contributed by atoms with van der Waals surface area (Å²) in [5.74, 6) is 0.190. The number of benzene rings is 2. The number of nitrogens with one attached hydrogen (secondary N) is 1. The van der Waals surface area contributed by atoms with Crippen molar-refractivity contribution in [3.63, 3.8) is 0 Å². The molecule has 0 aliphatic rings. The van der Waals surface area contributed by atoms with E-state index in [1.54, 1.807) is 23.9 Å². The third-order valence-corrected chi connectivity index (χ3v) is 5.86. The molecule has 0 aliphatic heterocycles. The normalized spacial score (nSPS) is 11.5. The van der Waals surface area contributed by atoms with Crippen LogP contribution in [0.1, 0.15) is 23.0 Å². The van der Waals surface area contributed by atoms with Crippen LogP contribution >= 0.6 is 0 Å². The van der Waals surface area contributed by atoms with E-state index in [2.05, 4.69) is 14.8 Å². The third kappa shape index (κ3) is 3.62. The Morgan fingerprint density at radius 1 is 1.03 bits per heavy atom. The van der Waals surface area contributed by atoms with Gasteiger partial charge in [-0.2, -0.15) is 5.10 Å². The molecule has 4 aromatic rings. The van der Waals surface area contributed by atoms with E-state index in [9.17, 15) is 13.2 Å². The number of sulfonamides is 1. The second-order valence-corrected chi connectivity index (χ2v) is 8.30. The van der Waals surface area contributed by atoms with Crippen molar-refractivity contribution < 1.29 is 13.2 Å². The Balaban J connectivity index is 1.76. The maximum absolute atomic E-state index is 12.9. The van der Waals surface area contributed by atoms with Crippen molar-refractivity contribution in [1.82, 2.24) is 14.8 Å². The summed E-state index contributed by atoms with van der Waals surface area (Å²) >= 11 is 0. The quantitative estimate of drug-likeness (QED) is 0.510. The van der Waals surface area contributed by atoms with E-state index >= 15 is 0 Å². The number of hydrogen-bond acceptors (Lipinski definition) is 5. The fourth-order valence-corrected chi connectivity index (χ4v) is 4.13. The summed E-state index contributed by atoms with van der Waals surface area (Å²) in [5, 5.41) is 5.31. The van der Waals surface area contributed by atoms with Crippen LogP contribution in [0.15, 0.2) is 71.8 Å². The molecule has 2 aromatic carbocycles. The molecule has 7 nitrogen and oxygen atoms in total. The van der Waals surface area contributed by atoms with Crippen LogP contribution in [0.4, 0.5) is 5.82 Å². The van der Waals surface area contributed by atoms with Gasteiger partial charge in [-0.1, -0.05) is 18.2 Å². The fourth-order valence-electron chi connectivity index (χ4n) is 3.09. The number of aryl methyl sites for hydroxylation is 1. The van der Waals surface area contributed by atoms with Crippen molar-refractivity contribution in [1.29, 1.82) is 0 Å². The molecule has 0 saturated carbocycles. The Morgan fingerprint density at radius 3 is 2.52 bits per heavy atom. The molecule has 0 aliphatic carbocycles. The Morgan fingerprint density at radius 2 is 1.79 bits per heavy atom. The number of rotatable bonds is 5. The first-order valence-corrected chi connectivity index (χ1v) is 10.4. The predicted molar refractivity (Wildman–Crippen MR) is 111 cm³/mol. The van der Waals surface area contributed by atoms with E-state index in [1.807, 2.05) is 30.3 Å². The highest BCUT2D eigenvalue weighted by Gasteiger charge is 2.19. The number of fused-ring (bicyclic) bond motifs is 1. The summed E-state index contributed by atoms with van der Waals surface area (Å²) in [6, 6.07) is 16.8. The number of Topliss-reactive ketones (excluding diaryl/α,β-unsaturated/α-hetero) is 1. The van der Waals surface area contributed by atoms with Gasteiger partial charge in [0, 0.05) is 23.2 Å². The third-order valence-electron chi connectivity index (χ3n) is 4.49. The zero-order valence-corrected chi connectivity index (χ0v) is 16.6. The maximum atomic E-state index is 12.9. The van der Waals surface area contributed by atoms with Crippen LogP contribution in [0.3, 0.4) is 0 Å². The highest BCUT2D eigenvalue weighted by molar-refractivity contribution is 7.92. The van der Waals surface area contributed by atoms with Gasteiger partial charge in [-0.15, -0.1) is 0 Å². The molecular weight excluding hydrogens is 388 g/mol. The van der Waals surface area contributed by atoms with Crippen molar-refractivity contribution in [2.24, 2.45) is 0 Å². The minimum Gasteiger partial charge on any atom is -0.295 e. The first-order valence-electron chi connectivity index (χ1n) is 8.90. The Hall–Kier alpha value is -3.52. The zero-order chi connectivity index (χ0) is 20.6. The first kappa shape index (κ1) is 18.8. The van der Waals surface area contributed by atoms with Crippen molar-refractivity contribution in [3.05, 3.63) is 78.1 Å². The maximum Gasteiger partial charge on any atom is 0.263 e. The van der Waals surface area contributed by atoms with E-state index in [-0.39, 0.29) is 10.7 Å². The van der Waals surface area contributed by atoms with E-state index < -0.39 is 10.0 Å². The van der Waals surface area contributed by atoms with Crippen LogP contribution in [-0.2, 0) is 10.0 Å². The molecule has 146 valence electrons. The van der Waals surface area contributed by atoms with Crippen LogP contribution in [0.5, 0.6) is 0 Å². The van der Waals surface area contributed by atoms with Gasteiger partial charge in [0.05, 0.1) is 21.8 Å². The van der Waals surface area contributed by atoms with E-state index in [0.717, 1.165) is 10.9 Å². The molecule has 0 fully saturated rings. The molecule has 0 unspecified atom stereocenters. The zero-order valence-electron chi connectivity index (χ0n) is 15.8. The average molecular weight is 406 g/mol. The molecule has 0 atom stereocenters. The first-order chi connectivity index (χ1) is 13.8. The van der Waals surface area contributed by atoms with Gasteiger partial charge >= 0.3 is 0 Å². The molecule has 1 N–H and O–H groups in total. The summed E-state index contributed by atoms with van der Waals surface area (Å²) in [6.45, 7) is 3.22. The number of hydrogen-bond donors (Lipinski definition) is 1. The lowest BCUT2D eigenvalue weighted by atomic mass is 10.2. The number of anilines is 1. The van der Waals surface area contributed by atoms with Crippen molar-refractivity contribution in [2.75, 3.05) is 4.72 Å². The molecule has 2 heterocycles. The van der Waals surface area contributed by atoms with E-state index in [0.29, 0.717) is 22.8 Å². The predicted octanol–water partition coefficient (Wildman–Crippen LogP) is 3.73. The number of ketones is 1. The van der Waals surface area contributed by atoms with Crippen molar-refractivity contribution in [2.45, 2.75) is 18.7 Å². The van der Waals surface area contributed by atoms with Crippen molar-refractivity contribution >= 4 is 32.5 Å². The largest absolute Gasteiger partial charge is 0.295 e. The van der Waals surface area contributed by atoms with E-state index in [1.165, 1.54) is 31.2 Å². The molecule has 0 amide bonds. The Bertz CT molecular complexity index is 1320. The molecule has 0 radical (unpaired) electrons. The molecule has 0 bridgehead atoms. The second-order valence-electron chi connectivity index (χ2n) is 6.62. The fraction of sp³-hybridized carbons (Fsp3) is 0.0952. The lowest BCUT2D eigenvalue weighted by Crippen LogP contribution is -2.16. The highest BCUT2D eigenvalue weighted by Crippen LogP contribution is 2.26. The number of carbonyl (C=O) groups excluding carboxylic acids is 1. The van der Waals surface area contributed by atoms with Gasteiger partial charge in [-0.3, -0.25) is 14.5 Å². The van der Waals surface area contributed by atoms with Gasteiger partial charge in [0.2, 0.25) is 0 Å². The lowest BCUT2D eigenvalue weighted by Gasteiger charge is -2.12. The Labute approximate surface area is 168 Å². The molecule has 2 aromatic heterocycles. The summed E-state index contributed by atoms with van der Waals surface area (Å²) in [4.78, 5) is 15.8. The standard InChI is InChI=1S/C21H18N4O3S/c1-14-13-21(24-29(27,28)17-10-8-16(9-11-17)15(2)26)25(23-14)20-7-3-6-19-18(20)5-4-12-22-19/h3-13,24H,1-2H3. The van der Waals surface area contributed by atoms with Crippen LogP contribution in [-0.4, -0.2) is 29.0 Å². The van der Waals surface area contributed by atoms with Gasteiger partial charge in [0.25, 0.3) is 10.0 Å². The molecule has 8 heteroatoms. The number of pyridine rings is 1. The molecule has 4 rings (SSSR count). The van der Waals surface area contributed by atoms with Crippen LogP contribution in [0.2, 0.25) is 0 Å². The van der Waals surface area contributed by atoms with Crippen LogP contribution in [0.25, 0.3) is 16.6 Å². The highest BCUT2D eigenvalue weighted by atomic mass is 32.2. The second kappa shape index (κ2) is 7.14. The van der Waals surface area contributed by atoms with Crippen LogP contribution in [0, 0.1) is 6.92 Å². The minimum atomic E-state index is -3.86. The summed E-state index contributed by atoms with van der Waals surface area (Å²) in [5.41, 5.74) is 2.61.